The molecule has 5 heteroatoms. The first-order valence-electron chi connectivity index (χ1n) is 5.30. The lowest BCUT2D eigenvalue weighted by atomic mass is 10.2. The summed E-state index contributed by atoms with van der Waals surface area (Å²) in [5, 5.41) is 8.74. The largest absolute Gasteiger partial charge is 0.480 e. The van der Waals surface area contributed by atoms with Gasteiger partial charge in [-0.25, -0.2) is 0 Å². The topological polar surface area (TPSA) is 83.6 Å². The Labute approximate surface area is 89.2 Å². The third kappa shape index (κ3) is 3.20. The van der Waals surface area contributed by atoms with E-state index in [1.165, 1.54) is 4.90 Å². The van der Waals surface area contributed by atoms with Crippen molar-refractivity contribution in [2.45, 2.75) is 44.7 Å². The number of hydrogen-bond donors (Lipinski definition) is 2. The Morgan fingerprint density at radius 3 is 2.40 bits per heavy atom. The molecule has 0 aromatic heterocycles. The van der Waals surface area contributed by atoms with E-state index >= 15 is 0 Å². The van der Waals surface area contributed by atoms with Gasteiger partial charge in [0, 0.05) is 6.04 Å². The minimum atomic E-state index is -0.976. The molecular weight excluding hydrogens is 196 g/mol. The van der Waals surface area contributed by atoms with Crippen molar-refractivity contribution >= 4 is 11.9 Å². The van der Waals surface area contributed by atoms with Crippen molar-refractivity contribution in [3.8, 4) is 0 Å². The SMILES string of the molecule is CC(N)C(=O)N(CC(=O)O)C1CCCC1. The van der Waals surface area contributed by atoms with Gasteiger partial charge in [0.05, 0.1) is 6.04 Å². The van der Waals surface area contributed by atoms with E-state index in [-0.39, 0.29) is 18.5 Å². The van der Waals surface area contributed by atoms with Crippen molar-refractivity contribution in [2.24, 2.45) is 5.73 Å². The first-order valence-corrected chi connectivity index (χ1v) is 5.30. The average Bonchev–Trinajstić information content (AvgIpc) is 2.65. The van der Waals surface area contributed by atoms with Crippen LogP contribution < -0.4 is 5.73 Å². The quantitative estimate of drug-likeness (QED) is 0.699. The van der Waals surface area contributed by atoms with E-state index in [0.717, 1.165) is 25.7 Å². The van der Waals surface area contributed by atoms with Crippen LogP contribution >= 0.6 is 0 Å². The van der Waals surface area contributed by atoms with Crippen molar-refractivity contribution < 1.29 is 14.7 Å². The Morgan fingerprint density at radius 1 is 1.47 bits per heavy atom. The average molecular weight is 214 g/mol. The fraction of sp³-hybridized carbons (Fsp3) is 0.800. The highest BCUT2D eigenvalue weighted by Gasteiger charge is 2.29. The highest BCUT2D eigenvalue weighted by Crippen LogP contribution is 2.23. The minimum Gasteiger partial charge on any atom is -0.480 e. The van der Waals surface area contributed by atoms with Crippen molar-refractivity contribution in [3.05, 3.63) is 0 Å². The van der Waals surface area contributed by atoms with Crippen molar-refractivity contribution in [1.29, 1.82) is 0 Å². The van der Waals surface area contributed by atoms with E-state index < -0.39 is 12.0 Å². The molecule has 0 heterocycles. The molecule has 0 aromatic carbocycles. The number of aliphatic carboxylic acids is 1. The molecule has 0 aliphatic heterocycles. The van der Waals surface area contributed by atoms with Crippen LogP contribution in [-0.4, -0.2) is 40.5 Å². The molecule has 15 heavy (non-hydrogen) atoms. The molecule has 86 valence electrons. The lowest BCUT2D eigenvalue weighted by Crippen LogP contribution is -2.48. The molecule has 0 spiro atoms. The summed E-state index contributed by atoms with van der Waals surface area (Å²) in [5.41, 5.74) is 5.50. The first kappa shape index (κ1) is 12.0. The van der Waals surface area contributed by atoms with E-state index in [4.69, 9.17) is 10.8 Å². The molecule has 1 atom stereocenters. The molecule has 1 aliphatic rings. The molecule has 0 aromatic rings. The number of carbonyl (C=O) groups excluding carboxylic acids is 1. The molecular formula is C10H18N2O3. The lowest BCUT2D eigenvalue weighted by molar-refractivity contribution is -0.146. The van der Waals surface area contributed by atoms with Crippen molar-refractivity contribution in [1.82, 2.24) is 4.90 Å². The molecule has 0 saturated heterocycles. The lowest BCUT2D eigenvalue weighted by Gasteiger charge is -2.28. The predicted molar refractivity (Wildman–Crippen MR) is 55.3 cm³/mol. The highest BCUT2D eigenvalue weighted by atomic mass is 16.4. The normalized spacial score (nSPS) is 18.8. The number of amides is 1. The van der Waals surface area contributed by atoms with E-state index in [1.807, 2.05) is 0 Å². The van der Waals surface area contributed by atoms with Crippen LogP contribution in [0, 0.1) is 0 Å². The minimum absolute atomic E-state index is 0.0691. The molecule has 0 radical (unpaired) electrons. The fourth-order valence-corrected chi connectivity index (χ4v) is 2.01. The van der Waals surface area contributed by atoms with Gasteiger partial charge in [0.15, 0.2) is 0 Å². The van der Waals surface area contributed by atoms with Gasteiger partial charge in [-0.1, -0.05) is 12.8 Å². The number of nitrogens with two attached hydrogens (primary N) is 1. The number of nitrogens with zero attached hydrogens (tertiary/aromatic N) is 1. The summed E-state index contributed by atoms with van der Waals surface area (Å²) in [4.78, 5) is 23.8. The zero-order valence-electron chi connectivity index (χ0n) is 8.98. The number of carboxylic acids is 1. The summed E-state index contributed by atoms with van der Waals surface area (Å²) >= 11 is 0. The summed E-state index contributed by atoms with van der Waals surface area (Å²) in [6, 6.07) is -0.551. The van der Waals surface area contributed by atoms with Gasteiger partial charge in [-0.05, 0) is 19.8 Å². The monoisotopic (exact) mass is 214 g/mol. The second kappa shape index (κ2) is 5.11. The standard InChI is InChI=1S/C10H18N2O3/c1-7(11)10(15)12(6-9(13)14)8-4-2-3-5-8/h7-8H,2-6,11H2,1H3,(H,13,14). The summed E-state index contributed by atoms with van der Waals surface area (Å²) in [6.45, 7) is 1.36. The Kier molecular flexibility index (Phi) is 4.08. The van der Waals surface area contributed by atoms with Gasteiger partial charge in [0.2, 0.25) is 5.91 Å². The summed E-state index contributed by atoms with van der Waals surface area (Å²) < 4.78 is 0. The fourth-order valence-electron chi connectivity index (χ4n) is 2.01. The second-order valence-electron chi connectivity index (χ2n) is 4.09. The maximum Gasteiger partial charge on any atom is 0.323 e. The van der Waals surface area contributed by atoms with Gasteiger partial charge in [0.1, 0.15) is 6.54 Å². The molecule has 1 rings (SSSR count). The number of carbonyl (C=O) groups is 2. The van der Waals surface area contributed by atoms with Gasteiger partial charge in [-0.15, -0.1) is 0 Å². The Hall–Kier alpha value is -1.10. The van der Waals surface area contributed by atoms with E-state index in [1.54, 1.807) is 6.92 Å². The highest BCUT2D eigenvalue weighted by molar-refractivity contribution is 5.85. The number of hydrogen-bond acceptors (Lipinski definition) is 3. The molecule has 1 amide bonds. The Balaban J connectivity index is 2.67. The van der Waals surface area contributed by atoms with Crippen LogP contribution in [0.4, 0.5) is 0 Å². The van der Waals surface area contributed by atoms with Gasteiger partial charge >= 0.3 is 5.97 Å². The number of carboxylic acid groups (broad SMARTS) is 1. The molecule has 1 unspecified atom stereocenters. The molecule has 1 aliphatic carbocycles. The van der Waals surface area contributed by atoms with Crippen LogP contribution in [0.15, 0.2) is 0 Å². The third-order valence-electron chi connectivity index (χ3n) is 2.74. The maximum absolute atomic E-state index is 11.7. The predicted octanol–water partition coefficient (Wildman–Crippen LogP) is 0.189. The van der Waals surface area contributed by atoms with E-state index in [0.29, 0.717) is 0 Å². The molecule has 5 nitrogen and oxygen atoms in total. The summed E-state index contributed by atoms with van der Waals surface area (Å²) in [7, 11) is 0. The van der Waals surface area contributed by atoms with Gasteiger partial charge in [0.25, 0.3) is 0 Å². The first-order chi connectivity index (χ1) is 7.02. The van der Waals surface area contributed by atoms with E-state index in [2.05, 4.69) is 0 Å². The molecule has 1 saturated carbocycles. The Bertz CT molecular complexity index is 247. The maximum atomic E-state index is 11.7. The smallest absolute Gasteiger partial charge is 0.323 e. The third-order valence-corrected chi connectivity index (χ3v) is 2.74. The molecule has 0 bridgehead atoms. The van der Waals surface area contributed by atoms with Gasteiger partial charge in [-0.2, -0.15) is 0 Å². The van der Waals surface area contributed by atoms with Crippen molar-refractivity contribution in [2.75, 3.05) is 6.54 Å². The number of rotatable bonds is 4. The van der Waals surface area contributed by atoms with E-state index in [9.17, 15) is 9.59 Å². The summed E-state index contributed by atoms with van der Waals surface area (Å²) in [5.74, 6) is -1.24. The van der Waals surface area contributed by atoms with Gasteiger partial charge < -0.3 is 15.7 Å². The van der Waals surface area contributed by atoms with Crippen LogP contribution in [0.5, 0.6) is 0 Å². The van der Waals surface area contributed by atoms with Crippen molar-refractivity contribution in [3.63, 3.8) is 0 Å². The molecule has 3 N–H and O–H groups in total. The zero-order chi connectivity index (χ0) is 11.4. The zero-order valence-corrected chi connectivity index (χ0v) is 8.98. The second-order valence-corrected chi connectivity index (χ2v) is 4.09. The van der Waals surface area contributed by atoms with Crippen LogP contribution in [-0.2, 0) is 9.59 Å². The van der Waals surface area contributed by atoms with Crippen LogP contribution in [0.2, 0.25) is 0 Å². The molecule has 1 fully saturated rings. The van der Waals surface area contributed by atoms with Crippen LogP contribution in [0.25, 0.3) is 0 Å². The van der Waals surface area contributed by atoms with Crippen LogP contribution in [0.3, 0.4) is 0 Å². The Morgan fingerprint density at radius 2 is 2.00 bits per heavy atom. The summed E-state index contributed by atoms with van der Waals surface area (Å²) in [6.07, 6.45) is 3.91. The van der Waals surface area contributed by atoms with Gasteiger partial charge in [-0.3, -0.25) is 9.59 Å². The van der Waals surface area contributed by atoms with Crippen LogP contribution in [0.1, 0.15) is 32.6 Å².